The van der Waals surface area contributed by atoms with Gasteiger partial charge in [0.15, 0.2) is 0 Å². The van der Waals surface area contributed by atoms with Gasteiger partial charge in [0.25, 0.3) is 0 Å². The van der Waals surface area contributed by atoms with Crippen molar-refractivity contribution < 1.29 is 4.74 Å². The lowest BCUT2D eigenvalue weighted by Crippen LogP contribution is -1.99. The second kappa shape index (κ2) is 5.33. The standard InChI is InChI=1S/C18H17NO/c1-13-6-5-9-18(14(13)2)20-12-15-10-11-19-17-8-4-3-7-16(15)17/h3-11H,12H2,1-2H3. The molecule has 3 aromatic rings. The summed E-state index contributed by atoms with van der Waals surface area (Å²) in [6.45, 7) is 4.76. The third kappa shape index (κ3) is 2.37. The number of para-hydroxylation sites is 1. The summed E-state index contributed by atoms with van der Waals surface area (Å²) < 4.78 is 5.98. The number of benzene rings is 2. The van der Waals surface area contributed by atoms with E-state index in [9.17, 15) is 0 Å². The Morgan fingerprint density at radius 2 is 1.80 bits per heavy atom. The van der Waals surface area contributed by atoms with Crippen LogP contribution in [0, 0.1) is 13.8 Å². The normalized spacial score (nSPS) is 10.7. The van der Waals surface area contributed by atoms with Crippen LogP contribution < -0.4 is 4.74 Å². The molecule has 0 aliphatic heterocycles. The van der Waals surface area contributed by atoms with Crippen LogP contribution in [-0.2, 0) is 6.61 Å². The fourth-order valence-electron chi connectivity index (χ4n) is 2.32. The number of nitrogens with zero attached hydrogens (tertiary/aromatic N) is 1. The van der Waals surface area contributed by atoms with E-state index in [1.54, 1.807) is 0 Å². The summed E-state index contributed by atoms with van der Waals surface area (Å²) in [6, 6.07) is 16.3. The average Bonchev–Trinajstić information content (AvgIpc) is 2.49. The van der Waals surface area contributed by atoms with E-state index in [4.69, 9.17) is 4.74 Å². The van der Waals surface area contributed by atoms with E-state index in [1.807, 2.05) is 42.6 Å². The topological polar surface area (TPSA) is 22.1 Å². The minimum absolute atomic E-state index is 0.563. The van der Waals surface area contributed by atoms with Crippen molar-refractivity contribution in [2.24, 2.45) is 0 Å². The predicted molar refractivity (Wildman–Crippen MR) is 82.0 cm³/mol. The van der Waals surface area contributed by atoms with E-state index in [2.05, 4.69) is 31.0 Å². The van der Waals surface area contributed by atoms with Crippen molar-refractivity contribution in [3.63, 3.8) is 0 Å². The van der Waals surface area contributed by atoms with Crippen molar-refractivity contribution in [2.45, 2.75) is 20.5 Å². The fraction of sp³-hybridized carbons (Fsp3) is 0.167. The highest BCUT2D eigenvalue weighted by Gasteiger charge is 2.05. The molecule has 0 N–H and O–H groups in total. The lowest BCUT2D eigenvalue weighted by atomic mass is 10.1. The number of aryl methyl sites for hydroxylation is 1. The van der Waals surface area contributed by atoms with Gasteiger partial charge in [0.05, 0.1) is 5.52 Å². The van der Waals surface area contributed by atoms with E-state index in [0.717, 1.165) is 22.2 Å². The second-order valence-corrected chi connectivity index (χ2v) is 4.97. The number of aromatic nitrogens is 1. The second-order valence-electron chi connectivity index (χ2n) is 4.97. The molecule has 2 nitrogen and oxygen atoms in total. The van der Waals surface area contributed by atoms with Gasteiger partial charge in [-0.15, -0.1) is 0 Å². The number of fused-ring (bicyclic) bond motifs is 1. The van der Waals surface area contributed by atoms with Crippen LogP contribution in [-0.4, -0.2) is 4.98 Å². The molecule has 0 bridgehead atoms. The van der Waals surface area contributed by atoms with Crippen LogP contribution in [0.3, 0.4) is 0 Å². The van der Waals surface area contributed by atoms with E-state index in [1.165, 1.54) is 11.1 Å². The largest absolute Gasteiger partial charge is 0.489 e. The minimum atomic E-state index is 0.563. The zero-order chi connectivity index (χ0) is 13.9. The van der Waals surface area contributed by atoms with E-state index in [0.29, 0.717) is 6.61 Å². The molecule has 2 aromatic carbocycles. The SMILES string of the molecule is Cc1cccc(OCc2ccnc3ccccc23)c1C. The quantitative estimate of drug-likeness (QED) is 0.697. The smallest absolute Gasteiger partial charge is 0.122 e. The van der Waals surface area contributed by atoms with Crippen LogP contribution in [0.5, 0.6) is 5.75 Å². The lowest BCUT2D eigenvalue weighted by molar-refractivity contribution is 0.305. The third-order valence-corrected chi connectivity index (χ3v) is 3.68. The molecule has 0 unspecified atom stereocenters. The van der Waals surface area contributed by atoms with Crippen LogP contribution in [0.15, 0.2) is 54.7 Å². The number of ether oxygens (including phenoxy) is 1. The van der Waals surface area contributed by atoms with Crippen LogP contribution in [0.25, 0.3) is 10.9 Å². The Hall–Kier alpha value is -2.35. The van der Waals surface area contributed by atoms with Gasteiger partial charge >= 0.3 is 0 Å². The molecule has 0 fully saturated rings. The number of rotatable bonds is 3. The Morgan fingerprint density at radius 3 is 2.70 bits per heavy atom. The Morgan fingerprint density at radius 1 is 0.950 bits per heavy atom. The first-order valence-electron chi connectivity index (χ1n) is 6.77. The molecule has 1 aromatic heterocycles. The Bertz CT molecular complexity index is 744. The highest BCUT2D eigenvalue weighted by molar-refractivity contribution is 5.81. The first-order chi connectivity index (χ1) is 9.75. The van der Waals surface area contributed by atoms with Crippen molar-refractivity contribution >= 4 is 10.9 Å². The van der Waals surface area contributed by atoms with Crippen molar-refractivity contribution in [3.05, 3.63) is 71.4 Å². The van der Waals surface area contributed by atoms with Gasteiger partial charge in [0.1, 0.15) is 12.4 Å². The highest BCUT2D eigenvalue weighted by Crippen LogP contribution is 2.23. The molecular formula is C18H17NO. The zero-order valence-corrected chi connectivity index (χ0v) is 11.8. The lowest BCUT2D eigenvalue weighted by Gasteiger charge is -2.12. The van der Waals surface area contributed by atoms with Gasteiger partial charge in [0.2, 0.25) is 0 Å². The van der Waals surface area contributed by atoms with Crippen molar-refractivity contribution in [3.8, 4) is 5.75 Å². The van der Waals surface area contributed by atoms with Crippen LogP contribution in [0.4, 0.5) is 0 Å². The van der Waals surface area contributed by atoms with Gasteiger partial charge in [-0.2, -0.15) is 0 Å². The Balaban J connectivity index is 1.89. The molecule has 0 saturated carbocycles. The van der Waals surface area contributed by atoms with Crippen molar-refractivity contribution in [1.29, 1.82) is 0 Å². The van der Waals surface area contributed by atoms with E-state index in [-0.39, 0.29) is 0 Å². The molecule has 0 atom stereocenters. The van der Waals surface area contributed by atoms with Crippen molar-refractivity contribution in [2.75, 3.05) is 0 Å². The highest BCUT2D eigenvalue weighted by atomic mass is 16.5. The maximum Gasteiger partial charge on any atom is 0.122 e. The summed E-state index contributed by atoms with van der Waals surface area (Å²) in [5, 5.41) is 1.15. The Kier molecular flexibility index (Phi) is 3.38. The monoisotopic (exact) mass is 263 g/mol. The average molecular weight is 263 g/mol. The summed E-state index contributed by atoms with van der Waals surface area (Å²) >= 11 is 0. The summed E-state index contributed by atoms with van der Waals surface area (Å²) in [7, 11) is 0. The number of hydrogen-bond acceptors (Lipinski definition) is 2. The molecule has 0 saturated heterocycles. The molecule has 2 heteroatoms. The molecular weight excluding hydrogens is 246 g/mol. The Labute approximate surface area is 119 Å². The van der Waals surface area contributed by atoms with Gasteiger partial charge in [-0.25, -0.2) is 0 Å². The predicted octanol–water partition coefficient (Wildman–Crippen LogP) is 4.43. The maximum absolute atomic E-state index is 5.98. The summed E-state index contributed by atoms with van der Waals surface area (Å²) in [4.78, 5) is 4.37. The molecule has 100 valence electrons. The number of pyridine rings is 1. The maximum atomic E-state index is 5.98. The zero-order valence-electron chi connectivity index (χ0n) is 11.8. The molecule has 1 heterocycles. The summed E-state index contributed by atoms with van der Waals surface area (Å²) in [5.41, 5.74) is 4.62. The van der Waals surface area contributed by atoms with Crippen LogP contribution >= 0.6 is 0 Å². The molecule has 0 amide bonds. The summed E-state index contributed by atoms with van der Waals surface area (Å²) in [6.07, 6.45) is 1.84. The van der Waals surface area contributed by atoms with Crippen LogP contribution in [0.2, 0.25) is 0 Å². The van der Waals surface area contributed by atoms with E-state index < -0.39 is 0 Å². The molecule has 0 radical (unpaired) electrons. The van der Waals surface area contributed by atoms with E-state index >= 15 is 0 Å². The molecule has 20 heavy (non-hydrogen) atoms. The first kappa shape index (κ1) is 12.7. The van der Waals surface area contributed by atoms with Crippen LogP contribution in [0.1, 0.15) is 16.7 Å². The number of hydrogen-bond donors (Lipinski definition) is 0. The van der Waals surface area contributed by atoms with Gasteiger partial charge in [-0.3, -0.25) is 4.98 Å². The molecule has 3 rings (SSSR count). The molecule has 0 aliphatic rings. The first-order valence-corrected chi connectivity index (χ1v) is 6.77. The van der Waals surface area contributed by atoms with Gasteiger partial charge in [-0.05, 0) is 43.2 Å². The fourth-order valence-corrected chi connectivity index (χ4v) is 2.32. The third-order valence-electron chi connectivity index (χ3n) is 3.68. The van der Waals surface area contributed by atoms with Crippen molar-refractivity contribution in [1.82, 2.24) is 4.98 Å². The minimum Gasteiger partial charge on any atom is -0.489 e. The molecule has 0 aliphatic carbocycles. The molecule has 0 spiro atoms. The van der Waals surface area contributed by atoms with Gasteiger partial charge < -0.3 is 4.74 Å². The van der Waals surface area contributed by atoms with Gasteiger partial charge in [-0.1, -0.05) is 30.3 Å². The van der Waals surface area contributed by atoms with Gasteiger partial charge in [0, 0.05) is 17.1 Å². The summed E-state index contributed by atoms with van der Waals surface area (Å²) in [5.74, 6) is 0.950.